The molecule has 0 unspecified atom stereocenters. The quantitative estimate of drug-likeness (QED) is 0.191. The van der Waals surface area contributed by atoms with E-state index in [-0.39, 0.29) is 5.41 Å². The second kappa shape index (κ2) is 11.1. The third-order valence-corrected chi connectivity index (χ3v) is 9.13. The van der Waals surface area contributed by atoms with E-state index in [2.05, 4.69) is 153 Å². The maximum absolute atomic E-state index is 4.79. The molecule has 2 heteroatoms. The van der Waals surface area contributed by atoms with Gasteiger partial charge < -0.3 is 0 Å². The Kier molecular flexibility index (Phi) is 6.73. The number of benzene rings is 6. The third kappa shape index (κ3) is 4.93. The minimum atomic E-state index is 0.0753. The Hall–Kier alpha value is -5.60. The number of hydrogen-bond donors (Lipinski definition) is 0. The molecule has 0 atom stereocenters. The lowest BCUT2D eigenvalue weighted by atomic mass is 9.82. The number of fused-ring (bicyclic) bond motifs is 3. The number of rotatable bonds is 4. The fraction of sp³-hybridized carbons (Fsp3) is 0.0909. The lowest BCUT2D eigenvalue weighted by Gasteiger charge is -2.22. The van der Waals surface area contributed by atoms with E-state index in [0.29, 0.717) is 0 Å². The van der Waals surface area contributed by atoms with Crippen molar-refractivity contribution in [3.05, 3.63) is 158 Å². The monoisotopic (exact) mass is 590 g/mol. The van der Waals surface area contributed by atoms with Gasteiger partial charge in [-0.2, -0.15) is 0 Å². The van der Waals surface area contributed by atoms with Gasteiger partial charge >= 0.3 is 0 Å². The van der Waals surface area contributed by atoms with Gasteiger partial charge in [0.05, 0.1) is 5.69 Å². The van der Waals surface area contributed by atoms with Crippen molar-refractivity contribution in [3.8, 4) is 44.6 Å². The van der Waals surface area contributed by atoms with Crippen molar-refractivity contribution in [2.24, 2.45) is 0 Å². The molecule has 0 bridgehead atoms. The van der Waals surface area contributed by atoms with E-state index in [1.165, 1.54) is 60.1 Å². The zero-order valence-corrected chi connectivity index (χ0v) is 26.3. The summed E-state index contributed by atoms with van der Waals surface area (Å²) in [4.78, 5) is 9.03. The molecule has 2 nitrogen and oxygen atoms in total. The van der Waals surface area contributed by atoms with Gasteiger partial charge in [0.1, 0.15) is 0 Å². The van der Waals surface area contributed by atoms with Crippen LogP contribution in [0.2, 0.25) is 0 Å². The summed E-state index contributed by atoms with van der Waals surface area (Å²) in [5, 5.41) is 7.50. The molecule has 0 saturated heterocycles. The van der Waals surface area contributed by atoms with Crippen molar-refractivity contribution in [2.45, 2.75) is 26.2 Å². The molecule has 0 spiro atoms. The average molecular weight is 591 g/mol. The summed E-state index contributed by atoms with van der Waals surface area (Å²) in [6.07, 6.45) is 5.59. The molecule has 0 aliphatic carbocycles. The van der Waals surface area contributed by atoms with Gasteiger partial charge in [0.15, 0.2) is 0 Å². The van der Waals surface area contributed by atoms with E-state index in [0.717, 1.165) is 22.4 Å². The van der Waals surface area contributed by atoms with Crippen LogP contribution in [0.15, 0.2) is 152 Å². The van der Waals surface area contributed by atoms with Crippen molar-refractivity contribution in [3.63, 3.8) is 0 Å². The molecule has 8 rings (SSSR count). The highest BCUT2D eigenvalue weighted by molar-refractivity contribution is 6.21. The lowest BCUT2D eigenvalue weighted by Crippen LogP contribution is -2.10. The van der Waals surface area contributed by atoms with Crippen LogP contribution in [0, 0.1) is 0 Å². The molecule has 0 saturated carbocycles. The summed E-state index contributed by atoms with van der Waals surface area (Å²) in [5.41, 5.74) is 10.7. The minimum Gasteiger partial charge on any atom is -0.264 e. The maximum Gasteiger partial charge on any atom is 0.0702 e. The summed E-state index contributed by atoms with van der Waals surface area (Å²) in [6.45, 7) is 6.85. The van der Waals surface area contributed by atoms with E-state index in [1.807, 2.05) is 18.5 Å². The Morgan fingerprint density at radius 3 is 1.54 bits per heavy atom. The maximum atomic E-state index is 4.79. The first-order chi connectivity index (χ1) is 22.4. The Morgan fingerprint density at radius 1 is 0.435 bits per heavy atom. The summed E-state index contributed by atoms with van der Waals surface area (Å²) in [7, 11) is 0. The molecule has 46 heavy (non-hydrogen) atoms. The van der Waals surface area contributed by atoms with Crippen LogP contribution < -0.4 is 0 Å². The average Bonchev–Trinajstić information content (AvgIpc) is 3.10. The van der Waals surface area contributed by atoms with Crippen LogP contribution in [0.5, 0.6) is 0 Å². The summed E-state index contributed by atoms with van der Waals surface area (Å²) in [5.74, 6) is 0. The molecule has 0 aliphatic heterocycles. The third-order valence-electron chi connectivity index (χ3n) is 9.13. The van der Waals surface area contributed by atoms with Crippen LogP contribution in [-0.4, -0.2) is 9.97 Å². The highest BCUT2D eigenvalue weighted by Gasteiger charge is 2.19. The topological polar surface area (TPSA) is 25.8 Å². The van der Waals surface area contributed by atoms with Crippen molar-refractivity contribution < 1.29 is 0 Å². The Bertz CT molecular complexity index is 2320. The van der Waals surface area contributed by atoms with Crippen LogP contribution in [0.25, 0.3) is 77.0 Å². The molecular weight excluding hydrogens is 556 g/mol. The number of aromatic nitrogens is 2. The Morgan fingerprint density at radius 2 is 0.978 bits per heavy atom. The smallest absolute Gasteiger partial charge is 0.0702 e. The summed E-state index contributed by atoms with van der Waals surface area (Å²) >= 11 is 0. The zero-order valence-electron chi connectivity index (χ0n) is 26.3. The van der Waals surface area contributed by atoms with Gasteiger partial charge in [0, 0.05) is 35.3 Å². The standard InChI is InChI=1S/C44H34N2/c1-44(2,3)36-12-8-10-32(26-36)42-37-13-4-6-15-39(37)43(40-16-7-5-14-38(40)42)33-20-18-29-24-31(19-17-30(29)25-33)41-22-21-35(28-46-41)34-11-9-23-45-27-34/h4-28H,1-3H3. The van der Waals surface area contributed by atoms with Crippen LogP contribution in [-0.2, 0) is 5.41 Å². The van der Waals surface area contributed by atoms with E-state index in [9.17, 15) is 0 Å². The fourth-order valence-corrected chi connectivity index (χ4v) is 6.72. The van der Waals surface area contributed by atoms with Gasteiger partial charge in [-0.3, -0.25) is 9.97 Å². The largest absolute Gasteiger partial charge is 0.264 e. The van der Waals surface area contributed by atoms with E-state index >= 15 is 0 Å². The lowest BCUT2D eigenvalue weighted by molar-refractivity contribution is 0.590. The van der Waals surface area contributed by atoms with Crippen molar-refractivity contribution in [1.82, 2.24) is 9.97 Å². The molecule has 6 aromatic carbocycles. The first kappa shape index (κ1) is 27.9. The Labute approximate surface area is 270 Å². The van der Waals surface area contributed by atoms with Gasteiger partial charge in [-0.05, 0) is 89.8 Å². The van der Waals surface area contributed by atoms with E-state index in [1.54, 1.807) is 6.20 Å². The van der Waals surface area contributed by atoms with E-state index in [4.69, 9.17) is 4.98 Å². The molecule has 0 radical (unpaired) electrons. The summed E-state index contributed by atoms with van der Waals surface area (Å²) in [6, 6.07) is 48.6. The SMILES string of the molecule is CC(C)(C)c1cccc(-c2c3ccccc3c(-c3ccc4cc(-c5ccc(-c6cccnc6)cn5)ccc4c3)c3ccccc23)c1. The first-order valence-electron chi connectivity index (χ1n) is 15.9. The minimum absolute atomic E-state index is 0.0753. The summed E-state index contributed by atoms with van der Waals surface area (Å²) < 4.78 is 0. The molecule has 0 aliphatic rings. The number of pyridine rings is 2. The number of nitrogens with zero attached hydrogens (tertiary/aromatic N) is 2. The van der Waals surface area contributed by atoms with Crippen molar-refractivity contribution in [2.75, 3.05) is 0 Å². The number of hydrogen-bond acceptors (Lipinski definition) is 2. The molecular formula is C44H34N2. The van der Waals surface area contributed by atoms with Crippen LogP contribution in [0.3, 0.4) is 0 Å². The molecule has 2 aromatic heterocycles. The van der Waals surface area contributed by atoms with Gasteiger partial charge in [0.25, 0.3) is 0 Å². The second-order valence-electron chi connectivity index (χ2n) is 13.1. The van der Waals surface area contributed by atoms with Crippen LogP contribution >= 0.6 is 0 Å². The predicted octanol–water partition coefficient (Wildman–Crippen LogP) is 11.9. The van der Waals surface area contributed by atoms with Gasteiger partial charge in [-0.1, -0.05) is 130 Å². The van der Waals surface area contributed by atoms with Crippen LogP contribution in [0.1, 0.15) is 26.3 Å². The van der Waals surface area contributed by atoms with Gasteiger partial charge in [-0.25, -0.2) is 0 Å². The van der Waals surface area contributed by atoms with Gasteiger partial charge in [-0.15, -0.1) is 0 Å². The molecule has 220 valence electrons. The molecule has 0 amide bonds. The Balaban J connectivity index is 1.25. The zero-order chi connectivity index (χ0) is 31.3. The van der Waals surface area contributed by atoms with Gasteiger partial charge in [0.2, 0.25) is 0 Å². The molecule has 0 N–H and O–H groups in total. The second-order valence-corrected chi connectivity index (χ2v) is 13.1. The highest BCUT2D eigenvalue weighted by atomic mass is 14.7. The normalized spacial score (nSPS) is 11.8. The first-order valence-corrected chi connectivity index (χ1v) is 15.9. The van der Waals surface area contributed by atoms with E-state index < -0.39 is 0 Å². The van der Waals surface area contributed by atoms with Crippen molar-refractivity contribution >= 4 is 32.3 Å². The molecule has 8 aromatic rings. The van der Waals surface area contributed by atoms with Crippen LogP contribution in [0.4, 0.5) is 0 Å². The fourth-order valence-electron chi connectivity index (χ4n) is 6.72. The van der Waals surface area contributed by atoms with Crippen molar-refractivity contribution in [1.29, 1.82) is 0 Å². The molecule has 0 fully saturated rings. The predicted molar refractivity (Wildman–Crippen MR) is 195 cm³/mol. The molecule has 2 heterocycles. The highest BCUT2D eigenvalue weighted by Crippen LogP contribution is 2.44.